The molecule has 1 atom stereocenters. The van der Waals surface area contributed by atoms with E-state index in [9.17, 15) is 13.5 Å². The van der Waals surface area contributed by atoms with Crippen molar-refractivity contribution in [1.29, 1.82) is 0 Å². The highest BCUT2D eigenvalue weighted by Crippen LogP contribution is 2.24. The zero-order valence-corrected chi connectivity index (χ0v) is 13.0. The largest absolute Gasteiger partial charge is 0.394 e. The Kier molecular flexibility index (Phi) is 5.00. The number of aliphatic hydroxyl groups excluding tert-OH is 1. The van der Waals surface area contributed by atoms with E-state index in [0.717, 1.165) is 0 Å². The normalized spacial score (nSPS) is 13.1. The maximum Gasteiger partial charge on any atom is 0.241 e. The number of nitrogens with one attached hydrogen (secondary N) is 1. The highest BCUT2D eigenvalue weighted by atomic mass is 35.5. The molecular weight excluding hydrogens is 310 g/mol. The lowest BCUT2D eigenvalue weighted by atomic mass is 10.1. The van der Waals surface area contributed by atoms with Crippen molar-refractivity contribution in [2.24, 2.45) is 0 Å². The highest BCUT2D eigenvalue weighted by Gasteiger charge is 2.23. The van der Waals surface area contributed by atoms with E-state index < -0.39 is 16.1 Å². The van der Waals surface area contributed by atoms with Gasteiger partial charge >= 0.3 is 0 Å². The van der Waals surface area contributed by atoms with Crippen LogP contribution in [-0.2, 0) is 10.0 Å². The second-order valence-electron chi connectivity index (χ2n) is 4.63. The quantitative estimate of drug-likeness (QED) is 0.888. The number of rotatable bonds is 5. The maximum atomic E-state index is 12.5. The Hall–Kier alpha value is -1.40. The molecule has 2 N–H and O–H groups in total. The Morgan fingerprint density at radius 2 is 1.81 bits per heavy atom. The summed E-state index contributed by atoms with van der Waals surface area (Å²) in [6.07, 6.45) is 0. The summed E-state index contributed by atoms with van der Waals surface area (Å²) < 4.78 is 27.4. The molecule has 2 rings (SSSR count). The van der Waals surface area contributed by atoms with Crippen molar-refractivity contribution in [3.8, 4) is 0 Å². The molecule has 1 unspecified atom stereocenters. The van der Waals surface area contributed by atoms with Gasteiger partial charge < -0.3 is 5.11 Å². The molecule has 0 aliphatic heterocycles. The lowest BCUT2D eigenvalue weighted by molar-refractivity contribution is 0.259. The Bertz CT molecular complexity index is 717. The van der Waals surface area contributed by atoms with Gasteiger partial charge in [0.1, 0.15) is 0 Å². The second-order valence-corrected chi connectivity index (χ2v) is 6.72. The molecule has 0 radical (unpaired) electrons. The van der Waals surface area contributed by atoms with E-state index >= 15 is 0 Å². The van der Waals surface area contributed by atoms with Gasteiger partial charge in [0.25, 0.3) is 0 Å². The van der Waals surface area contributed by atoms with Crippen molar-refractivity contribution < 1.29 is 13.5 Å². The number of hydrogen-bond donors (Lipinski definition) is 2. The van der Waals surface area contributed by atoms with Gasteiger partial charge in [0.15, 0.2) is 0 Å². The molecule has 0 bridgehead atoms. The van der Waals surface area contributed by atoms with Gasteiger partial charge in [0.05, 0.1) is 17.5 Å². The molecule has 0 fully saturated rings. The van der Waals surface area contributed by atoms with Gasteiger partial charge in [-0.25, -0.2) is 13.1 Å². The average Bonchev–Trinajstić information content (AvgIpc) is 2.48. The summed E-state index contributed by atoms with van der Waals surface area (Å²) in [5, 5.41) is 9.85. The lowest BCUT2D eigenvalue weighted by Gasteiger charge is -2.18. The van der Waals surface area contributed by atoms with Gasteiger partial charge in [-0.05, 0) is 30.2 Å². The number of aliphatic hydroxyl groups is 1. The molecule has 0 aliphatic carbocycles. The predicted octanol–water partition coefficient (Wildman–Crippen LogP) is 2.66. The van der Waals surface area contributed by atoms with E-state index in [2.05, 4.69) is 4.72 Å². The minimum Gasteiger partial charge on any atom is -0.394 e. The topological polar surface area (TPSA) is 66.4 Å². The smallest absolute Gasteiger partial charge is 0.241 e. The highest BCUT2D eigenvalue weighted by molar-refractivity contribution is 7.89. The van der Waals surface area contributed by atoms with E-state index in [1.807, 2.05) is 6.07 Å². The third-order valence-corrected chi connectivity index (χ3v) is 5.22. The molecule has 112 valence electrons. The standard InChI is InChI=1S/C15H16ClNO3S/c1-11-13(16)8-5-9-15(11)21(19,20)17-14(10-18)12-6-3-2-4-7-12/h2-9,14,17-18H,10H2,1H3. The summed E-state index contributed by atoms with van der Waals surface area (Å²) in [4.78, 5) is 0.115. The van der Waals surface area contributed by atoms with Crippen LogP contribution in [0.1, 0.15) is 17.2 Å². The van der Waals surface area contributed by atoms with Crippen molar-refractivity contribution >= 4 is 21.6 Å². The van der Waals surface area contributed by atoms with Gasteiger partial charge in [-0.1, -0.05) is 48.0 Å². The number of benzene rings is 2. The molecule has 0 saturated carbocycles. The maximum absolute atomic E-state index is 12.5. The molecule has 2 aromatic carbocycles. The van der Waals surface area contributed by atoms with Crippen LogP contribution in [0.3, 0.4) is 0 Å². The zero-order chi connectivity index (χ0) is 15.5. The van der Waals surface area contributed by atoms with Crippen LogP contribution in [0.25, 0.3) is 0 Å². The number of sulfonamides is 1. The Morgan fingerprint density at radius 3 is 2.43 bits per heavy atom. The van der Waals surface area contributed by atoms with E-state index in [1.165, 1.54) is 6.07 Å². The average molecular weight is 326 g/mol. The third kappa shape index (κ3) is 3.63. The van der Waals surface area contributed by atoms with Gasteiger partial charge in [-0.3, -0.25) is 0 Å². The van der Waals surface area contributed by atoms with Crippen LogP contribution in [0.15, 0.2) is 53.4 Å². The molecule has 0 amide bonds. The Labute approximate surface area is 129 Å². The fourth-order valence-corrected chi connectivity index (χ4v) is 3.74. The van der Waals surface area contributed by atoms with Crippen LogP contribution in [0, 0.1) is 6.92 Å². The van der Waals surface area contributed by atoms with Crippen LogP contribution in [0.4, 0.5) is 0 Å². The van der Waals surface area contributed by atoms with Crippen LogP contribution < -0.4 is 4.72 Å². The van der Waals surface area contributed by atoms with Gasteiger partial charge in [-0.2, -0.15) is 0 Å². The molecule has 2 aromatic rings. The lowest BCUT2D eigenvalue weighted by Crippen LogP contribution is -2.31. The molecular formula is C15H16ClNO3S. The van der Waals surface area contributed by atoms with E-state index in [-0.39, 0.29) is 11.5 Å². The first-order valence-electron chi connectivity index (χ1n) is 6.39. The van der Waals surface area contributed by atoms with Crippen LogP contribution >= 0.6 is 11.6 Å². The van der Waals surface area contributed by atoms with E-state index in [0.29, 0.717) is 16.1 Å². The van der Waals surface area contributed by atoms with Gasteiger partial charge in [-0.15, -0.1) is 0 Å². The molecule has 0 saturated heterocycles. The van der Waals surface area contributed by atoms with Crippen LogP contribution in [0.2, 0.25) is 5.02 Å². The summed E-state index contributed by atoms with van der Waals surface area (Å²) in [5.74, 6) is 0. The number of halogens is 1. The molecule has 0 heterocycles. The van der Waals surface area contributed by atoms with E-state index in [1.54, 1.807) is 43.3 Å². The van der Waals surface area contributed by atoms with Crippen molar-refractivity contribution in [2.45, 2.75) is 17.9 Å². The minimum atomic E-state index is -3.77. The van der Waals surface area contributed by atoms with Crippen molar-refractivity contribution in [1.82, 2.24) is 4.72 Å². The molecule has 6 heteroatoms. The van der Waals surface area contributed by atoms with Crippen molar-refractivity contribution in [3.63, 3.8) is 0 Å². The van der Waals surface area contributed by atoms with Crippen molar-refractivity contribution in [2.75, 3.05) is 6.61 Å². The fraction of sp³-hybridized carbons (Fsp3) is 0.200. The molecule has 21 heavy (non-hydrogen) atoms. The SMILES string of the molecule is Cc1c(Cl)cccc1S(=O)(=O)NC(CO)c1ccccc1. The first kappa shape index (κ1) is 16.0. The minimum absolute atomic E-state index is 0.115. The van der Waals surface area contributed by atoms with Crippen molar-refractivity contribution in [3.05, 3.63) is 64.7 Å². The summed E-state index contributed by atoms with van der Waals surface area (Å²) in [6.45, 7) is 1.32. The monoisotopic (exact) mass is 325 g/mol. The van der Waals surface area contributed by atoms with Gasteiger partial charge in [0.2, 0.25) is 10.0 Å². The summed E-state index contributed by atoms with van der Waals surface area (Å²) >= 11 is 5.97. The molecule has 0 spiro atoms. The van der Waals surface area contributed by atoms with E-state index in [4.69, 9.17) is 11.6 Å². The zero-order valence-electron chi connectivity index (χ0n) is 11.5. The number of hydrogen-bond acceptors (Lipinski definition) is 3. The van der Waals surface area contributed by atoms with Crippen LogP contribution in [0.5, 0.6) is 0 Å². The molecule has 0 aromatic heterocycles. The first-order valence-corrected chi connectivity index (χ1v) is 8.25. The fourth-order valence-electron chi connectivity index (χ4n) is 2.03. The summed E-state index contributed by atoms with van der Waals surface area (Å²) in [5.41, 5.74) is 1.18. The summed E-state index contributed by atoms with van der Waals surface area (Å²) in [7, 11) is -3.77. The first-order chi connectivity index (χ1) is 9.95. The Morgan fingerprint density at radius 1 is 1.14 bits per heavy atom. The molecule has 4 nitrogen and oxygen atoms in total. The molecule has 0 aliphatic rings. The van der Waals surface area contributed by atoms with Gasteiger partial charge in [0, 0.05) is 5.02 Å². The third-order valence-electron chi connectivity index (χ3n) is 3.19. The Balaban J connectivity index is 2.34. The summed E-state index contributed by atoms with van der Waals surface area (Å²) in [6, 6.07) is 12.9. The predicted molar refractivity (Wildman–Crippen MR) is 82.8 cm³/mol. The van der Waals surface area contributed by atoms with Crippen LogP contribution in [-0.4, -0.2) is 20.1 Å². The second kappa shape index (κ2) is 6.58.